The Balaban J connectivity index is 1.81. The predicted molar refractivity (Wildman–Crippen MR) is 68.2 cm³/mol. The van der Waals surface area contributed by atoms with Crippen LogP contribution in [0.15, 0.2) is 35.2 Å². The first-order chi connectivity index (χ1) is 8.31. The molecule has 86 valence electrons. The zero-order valence-electron chi connectivity index (χ0n) is 9.30. The van der Waals surface area contributed by atoms with E-state index in [-0.39, 0.29) is 0 Å². The minimum absolute atomic E-state index is 0.642. The summed E-state index contributed by atoms with van der Waals surface area (Å²) < 4.78 is 6.36. The Morgan fingerprint density at radius 1 is 1.41 bits per heavy atom. The number of anilines is 1. The van der Waals surface area contributed by atoms with E-state index in [4.69, 9.17) is 4.42 Å². The quantitative estimate of drug-likeness (QED) is 0.769. The lowest BCUT2D eigenvalue weighted by molar-refractivity contribution is 0.512. The average Bonchev–Trinajstić information content (AvgIpc) is 2.92. The van der Waals surface area contributed by atoms with Crippen molar-refractivity contribution >= 4 is 27.2 Å². The van der Waals surface area contributed by atoms with E-state index >= 15 is 0 Å². The molecule has 0 radical (unpaired) electrons. The molecular weight excluding hydrogens is 234 g/mol. The zero-order valence-corrected chi connectivity index (χ0v) is 10.1. The SMILES string of the molecule is Cc1nc2ccc(NCc3cnco3)cc2s1. The van der Waals surface area contributed by atoms with Crippen molar-refractivity contribution in [3.63, 3.8) is 0 Å². The highest BCUT2D eigenvalue weighted by molar-refractivity contribution is 7.18. The number of hydrogen-bond donors (Lipinski definition) is 1. The largest absolute Gasteiger partial charge is 0.447 e. The number of hydrogen-bond acceptors (Lipinski definition) is 5. The molecule has 1 aromatic carbocycles. The van der Waals surface area contributed by atoms with Gasteiger partial charge in [0.25, 0.3) is 0 Å². The molecule has 0 aliphatic heterocycles. The molecule has 3 aromatic rings. The number of aromatic nitrogens is 2. The highest BCUT2D eigenvalue weighted by Crippen LogP contribution is 2.24. The Bertz CT molecular complexity index is 630. The van der Waals surface area contributed by atoms with Crippen molar-refractivity contribution in [3.8, 4) is 0 Å². The summed E-state index contributed by atoms with van der Waals surface area (Å²) in [6.07, 6.45) is 3.15. The first-order valence-electron chi connectivity index (χ1n) is 5.30. The van der Waals surface area contributed by atoms with Gasteiger partial charge in [-0.3, -0.25) is 0 Å². The van der Waals surface area contributed by atoms with Gasteiger partial charge in [0, 0.05) is 5.69 Å². The van der Waals surface area contributed by atoms with Crippen molar-refractivity contribution in [1.82, 2.24) is 9.97 Å². The second kappa shape index (κ2) is 4.18. The fraction of sp³-hybridized carbons (Fsp3) is 0.167. The van der Waals surface area contributed by atoms with Crippen molar-refractivity contribution in [2.75, 3.05) is 5.32 Å². The maximum absolute atomic E-state index is 5.16. The van der Waals surface area contributed by atoms with Crippen LogP contribution < -0.4 is 5.32 Å². The van der Waals surface area contributed by atoms with E-state index in [0.29, 0.717) is 6.54 Å². The Hall–Kier alpha value is -1.88. The molecule has 0 amide bonds. The lowest BCUT2D eigenvalue weighted by Gasteiger charge is -2.03. The number of fused-ring (bicyclic) bond motifs is 1. The molecule has 0 aliphatic rings. The van der Waals surface area contributed by atoms with E-state index in [1.807, 2.05) is 19.1 Å². The van der Waals surface area contributed by atoms with Crippen LogP contribution in [0.5, 0.6) is 0 Å². The fourth-order valence-corrected chi connectivity index (χ4v) is 2.53. The fourth-order valence-electron chi connectivity index (χ4n) is 1.67. The minimum Gasteiger partial charge on any atom is -0.447 e. The standard InChI is InChI=1S/C12H11N3OS/c1-8-15-11-3-2-9(4-12(11)17-8)14-6-10-5-13-7-16-10/h2-5,7,14H,6H2,1H3. The normalized spacial score (nSPS) is 10.9. The van der Waals surface area contributed by atoms with E-state index in [1.165, 1.54) is 11.1 Å². The molecule has 0 bridgehead atoms. The molecule has 0 aliphatic carbocycles. The molecule has 2 heterocycles. The monoisotopic (exact) mass is 245 g/mol. The van der Waals surface area contributed by atoms with Crippen LogP contribution in [0.1, 0.15) is 10.8 Å². The van der Waals surface area contributed by atoms with Crippen LogP contribution in [-0.4, -0.2) is 9.97 Å². The van der Waals surface area contributed by atoms with Crippen molar-refractivity contribution < 1.29 is 4.42 Å². The summed E-state index contributed by atoms with van der Waals surface area (Å²) >= 11 is 1.70. The number of thiazole rings is 1. The van der Waals surface area contributed by atoms with Crippen LogP contribution in [-0.2, 0) is 6.54 Å². The van der Waals surface area contributed by atoms with Gasteiger partial charge in [-0.1, -0.05) is 0 Å². The molecule has 0 saturated heterocycles. The highest BCUT2D eigenvalue weighted by Gasteiger charge is 2.02. The maximum Gasteiger partial charge on any atom is 0.180 e. The van der Waals surface area contributed by atoms with E-state index in [9.17, 15) is 0 Å². The summed E-state index contributed by atoms with van der Waals surface area (Å²) in [7, 11) is 0. The van der Waals surface area contributed by atoms with E-state index in [2.05, 4.69) is 21.4 Å². The molecule has 4 nitrogen and oxygen atoms in total. The molecule has 0 unspecified atom stereocenters. The third-order valence-electron chi connectivity index (χ3n) is 2.45. The molecule has 2 aromatic heterocycles. The average molecular weight is 245 g/mol. The molecule has 0 fully saturated rings. The first kappa shape index (κ1) is 10.3. The van der Waals surface area contributed by atoms with Gasteiger partial charge in [-0.25, -0.2) is 9.97 Å². The van der Waals surface area contributed by atoms with Crippen LogP contribution in [0.3, 0.4) is 0 Å². The summed E-state index contributed by atoms with van der Waals surface area (Å²) in [5.74, 6) is 0.825. The molecule has 0 saturated carbocycles. The van der Waals surface area contributed by atoms with Crippen LogP contribution in [0.4, 0.5) is 5.69 Å². The number of nitrogens with zero attached hydrogens (tertiary/aromatic N) is 2. The second-order valence-corrected chi connectivity index (χ2v) is 4.97. The van der Waals surface area contributed by atoms with E-state index in [0.717, 1.165) is 22.0 Å². The second-order valence-electron chi connectivity index (χ2n) is 3.74. The Kier molecular flexibility index (Phi) is 2.53. The van der Waals surface area contributed by atoms with Crippen molar-refractivity contribution in [1.29, 1.82) is 0 Å². The molecule has 0 spiro atoms. The van der Waals surface area contributed by atoms with Gasteiger partial charge in [0.2, 0.25) is 0 Å². The highest BCUT2D eigenvalue weighted by atomic mass is 32.1. The lowest BCUT2D eigenvalue weighted by Crippen LogP contribution is -1.97. The topological polar surface area (TPSA) is 51.0 Å². The Morgan fingerprint density at radius 2 is 2.35 bits per heavy atom. The number of nitrogens with one attached hydrogen (secondary N) is 1. The number of oxazole rings is 1. The van der Waals surface area contributed by atoms with E-state index < -0.39 is 0 Å². The van der Waals surface area contributed by atoms with Gasteiger partial charge in [0.1, 0.15) is 5.76 Å². The predicted octanol–water partition coefficient (Wildman–Crippen LogP) is 3.20. The lowest BCUT2D eigenvalue weighted by atomic mass is 10.3. The third-order valence-corrected chi connectivity index (χ3v) is 3.38. The molecule has 1 N–H and O–H groups in total. The van der Waals surface area contributed by atoms with Crippen molar-refractivity contribution in [3.05, 3.63) is 41.6 Å². The molecule has 3 rings (SSSR count). The van der Waals surface area contributed by atoms with Crippen LogP contribution >= 0.6 is 11.3 Å². The molecule has 5 heteroatoms. The molecule has 17 heavy (non-hydrogen) atoms. The number of aryl methyl sites for hydroxylation is 1. The zero-order chi connectivity index (χ0) is 11.7. The summed E-state index contributed by atoms with van der Waals surface area (Å²) in [6.45, 7) is 2.66. The minimum atomic E-state index is 0.642. The van der Waals surface area contributed by atoms with Crippen LogP contribution in [0.25, 0.3) is 10.2 Å². The van der Waals surface area contributed by atoms with E-state index in [1.54, 1.807) is 17.5 Å². The van der Waals surface area contributed by atoms with Gasteiger partial charge in [-0.15, -0.1) is 11.3 Å². The third kappa shape index (κ3) is 2.14. The summed E-state index contributed by atoms with van der Waals surface area (Å²) in [5.41, 5.74) is 2.12. The van der Waals surface area contributed by atoms with Gasteiger partial charge >= 0.3 is 0 Å². The smallest absolute Gasteiger partial charge is 0.180 e. The van der Waals surface area contributed by atoms with Crippen molar-refractivity contribution in [2.45, 2.75) is 13.5 Å². The first-order valence-corrected chi connectivity index (χ1v) is 6.11. The van der Waals surface area contributed by atoms with Gasteiger partial charge in [0.15, 0.2) is 6.39 Å². The summed E-state index contributed by atoms with van der Waals surface area (Å²) in [5, 5.41) is 4.38. The van der Waals surface area contributed by atoms with Gasteiger partial charge in [-0.05, 0) is 25.1 Å². The Morgan fingerprint density at radius 3 is 3.18 bits per heavy atom. The van der Waals surface area contributed by atoms with Crippen molar-refractivity contribution in [2.24, 2.45) is 0 Å². The number of benzene rings is 1. The summed E-state index contributed by atoms with van der Waals surface area (Å²) in [4.78, 5) is 8.30. The van der Waals surface area contributed by atoms with Crippen LogP contribution in [0.2, 0.25) is 0 Å². The number of rotatable bonds is 3. The summed E-state index contributed by atoms with van der Waals surface area (Å²) in [6, 6.07) is 6.16. The maximum atomic E-state index is 5.16. The Labute approximate surface area is 102 Å². The van der Waals surface area contributed by atoms with Gasteiger partial charge in [0.05, 0.1) is 28.0 Å². The molecular formula is C12H11N3OS. The molecule has 0 atom stereocenters. The van der Waals surface area contributed by atoms with Gasteiger partial charge < -0.3 is 9.73 Å². The van der Waals surface area contributed by atoms with Gasteiger partial charge in [-0.2, -0.15) is 0 Å². The van der Waals surface area contributed by atoms with Crippen LogP contribution in [0, 0.1) is 6.92 Å².